The lowest BCUT2D eigenvalue weighted by molar-refractivity contribution is -0.0588. The second-order valence-electron chi connectivity index (χ2n) is 10.9. The van der Waals surface area contributed by atoms with E-state index in [2.05, 4.69) is 5.32 Å². The van der Waals surface area contributed by atoms with E-state index < -0.39 is 17.5 Å². The first kappa shape index (κ1) is 30.1. The number of unbranched alkanes of at least 4 members (excludes halogenated alkanes) is 1. The van der Waals surface area contributed by atoms with Crippen molar-refractivity contribution in [3.05, 3.63) is 34.6 Å². The Morgan fingerprint density at radius 1 is 1.27 bits per heavy atom. The number of aliphatic hydroxyl groups is 2. The maximum atomic E-state index is 15.1. The Kier molecular flexibility index (Phi) is 11.9. The van der Waals surface area contributed by atoms with Crippen LogP contribution in [0.2, 0.25) is 5.02 Å². The number of carbonyl (C=O) groups excluding carboxylic acids is 1. The molecular weight excluding hydrogens is 497 g/mol. The number of nitrogens with zero attached hydrogens (tertiary/aromatic N) is 1. The number of urea groups is 1. The molecule has 2 aliphatic rings. The fourth-order valence-corrected chi connectivity index (χ4v) is 6.27. The summed E-state index contributed by atoms with van der Waals surface area (Å²) in [4.78, 5) is 14.9. The number of benzene rings is 1. The quantitative estimate of drug-likeness (QED) is 0.290. The van der Waals surface area contributed by atoms with Crippen LogP contribution < -0.4 is 11.1 Å². The number of ether oxygens (including phenoxy) is 1. The van der Waals surface area contributed by atoms with Crippen LogP contribution in [0.5, 0.6) is 0 Å². The average Bonchev–Trinajstić information content (AvgIpc) is 2.91. The molecule has 4 atom stereocenters. The third-order valence-corrected chi connectivity index (χ3v) is 8.60. The fraction of sp³-hybridized carbons (Fsp3) is 0.750. The molecule has 0 spiro atoms. The van der Waals surface area contributed by atoms with E-state index >= 15 is 4.39 Å². The summed E-state index contributed by atoms with van der Waals surface area (Å²) in [7, 11) is 1.63. The zero-order valence-corrected chi connectivity index (χ0v) is 22.9. The van der Waals surface area contributed by atoms with Crippen LogP contribution in [0.4, 0.5) is 9.18 Å². The Bertz CT molecular complexity index is 857. The minimum atomic E-state index is -1.48. The average molecular weight is 542 g/mol. The van der Waals surface area contributed by atoms with Gasteiger partial charge in [-0.05, 0) is 50.5 Å². The number of amides is 2. The van der Waals surface area contributed by atoms with Gasteiger partial charge in [0.15, 0.2) is 0 Å². The third-order valence-electron chi connectivity index (χ3n) is 8.31. The predicted molar refractivity (Wildman–Crippen MR) is 144 cm³/mol. The molecule has 1 aliphatic carbocycles. The zero-order chi connectivity index (χ0) is 26.8. The summed E-state index contributed by atoms with van der Waals surface area (Å²) in [5.74, 6) is -0.449. The Morgan fingerprint density at radius 2 is 2.03 bits per heavy atom. The Morgan fingerprint density at radius 3 is 2.73 bits per heavy atom. The molecule has 0 bridgehead atoms. The standard InChI is InChI=1S/C28H45ClFN3O4/c1-37-16-6-5-14-28(36,22-12-7-13-23(29)26(22)30)21-11-8-15-33(18-21)27(35)32-25(19-34)24(31)17-20-9-3-2-4-10-20/h7,12-13,20-21,24-25,34,36H,2-6,8-11,14-19,31H2,1H3,(H,32,35)/t21?,24-,25+,28-/m0/s1. The molecule has 1 saturated heterocycles. The molecule has 5 N–H and O–H groups in total. The van der Waals surface area contributed by atoms with Gasteiger partial charge in [-0.3, -0.25) is 0 Å². The SMILES string of the molecule is COCCCC[C@@](O)(c1cccc(Cl)c1F)C1CCCN(C(=O)N[C@H](CO)[C@@H](N)CC2CCCCC2)C1. The van der Waals surface area contributed by atoms with Crippen molar-refractivity contribution >= 4 is 17.6 Å². The van der Waals surface area contributed by atoms with Crippen LogP contribution in [0.25, 0.3) is 0 Å². The Balaban J connectivity index is 1.70. The van der Waals surface area contributed by atoms with Crippen molar-refractivity contribution in [3.63, 3.8) is 0 Å². The van der Waals surface area contributed by atoms with Crippen molar-refractivity contribution in [2.24, 2.45) is 17.6 Å². The number of hydrogen-bond acceptors (Lipinski definition) is 5. The summed E-state index contributed by atoms with van der Waals surface area (Å²) in [5, 5.41) is 24.8. The van der Waals surface area contributed by atoms with Crippen molar-refractivity contribution in [2.75, 3.05) is 33.4 Å². The van der Waals surface area contributed by atoms with Crippen molar-refractivity contribution in [3.8, 4) is 0 Å². The van der Waals surface area contributed by atoms with Gasteiger partial charge in [0.05, 0.1) is 23.3 Å². The van der Waals surface area contributed by atoms with E-state index in [0.717, 1.165) is 25.7 Å². The highest BCUT2D eigenvalue weighted by atomic mass is 35.5. The summed E-state index contributed by atoms with van der Waals surface area (Å²) in [6.45, 7) is 1.12. The van der Waals surface area contributed by atoms with E-state index in [0.29, 0.717) is 44.8 Å². The van der Waals surface area contributed by atoms with Crippen molar-refractivity contribution in [1.29, 1.82) is 0 Å². The molecule has 1 aliphatic heterocycles. The molecule has 0 aromatic heterocycles. The normalized spacial score (nSPS) is 22.3. The molecule has 1 aromatic carbocycles. The largest absolute Gasteiger partial charge is 0.394 e. The van der Waals surface area contributed by atoms with Gasteiger partial charge in [0.25, 0.3) is 0 Å². The first-order chi connectivity index (χ1) is 17.8. The van der Waals surface area contributed by atoms with Gasteiger partial charge >= 0.3 is 6.03 Å². The van der Waals surface area contributed by atoms with Crippen LogP contribution in [-0.4, -0.2) is 66.6 Å². The number of likely N-dealkylation sites (tertiary alicyclic amines) is 1. The highest BCUT2D eigenvalue weighted by Gasteiger charge is 2.43. The summed E-state index contributed by atoms with van der Waals surface area (Å²) < 4.78 is 20.3. The van der Waals surface area contributed by atoms with E-state index in [4.69, 9.17) is 22.1 Å². The number of piperidine rings is 1. The van der Waals surface area contributed by atoms with Crippen LogP contribution in [0, 0.1) is 17.7 Å². The van der Waals surface area contributed by atoms with E-state index in [1.165, 1.54) is 25.3 Å². The first-order valence-corrected chi connectivity index (χ1v) is 14.3. The van der Waals surface area contributed by atoms with Crippen LogP contribution in [0.15, 0.2) is 18.2 Å². The number of halogens is 2. The lowest BCUT2D eigenvalue weighted by Crippen LogP contribution is -2.57. The molecule has 0 radical (unpaired) electrons. The van der Waals surface area contributed by atoms with E-state index in [1.807, 2.05) is 0 Å². The second kappa shape index (κ2) is 14.6. The molecule has 1 unspecified atom stereocenters. The Labute approximate surface area is 225 Å². The number of nitrogens with one attached hydrogen (secondary N) is 1. The van der Waals surface area contributed by atoms with Gasteiger partial charge in [0, 0.05) is 44.3 Å². The van der Waals surface area contributed by atoms with Gasteiger partial charge in [0.1, 0.15) is 5.82 Å². The molecule has 2 fully saturated rings. The Hall–Kier alpha value is -1.45. The number of carbonyl (C=O) groups is 1. The molecule has 3 rings (SSSR count). The van der Waals surface area contributed by atoms with Gasteiger partial charge in [-0.1, -0.05) is 55.8 Å². The predicted octanol–water partition coefficient (Wildman–Crippen LogP) is 4.56. The highest BCUT2D eigenvalue weighted by molar-refractivity contribution is 6.30. The van der Waals surface area contributed by atoms with Crippen molar-refractivity contribution in [2.45, 2.75) is 88.3 Å². The topological polar surface area (TPSA) is 108 Å². The maximum absolute atomic E-state index is 15.1. The first-order valence-electron chi connectivity index (χ1n) is 13.9. The molecule has 2 amide bonds. The minimum Gasteiger partial charge on any atom is -0.394 e. The molecule has 210 valence electrons. The molecule has 1 aromatic rings. The summed E-state index contributed by atoms with van der Waals surface area (Å²) >= 11 is 6.08. The van der Waals surface area contributed by atoms with Crippen LogP contribution in [-0.2, 0) is 10.3 Å². The smallest absolute Gasteiger partial charge is 0.317 e. The number of hydrogen-bond donors (Lipinski definition) is 4. The lowest BCUT2D eigenvalue weighted by atomic mass is 9.74. The van der Waals surface area contributed by atoms with Gasteiger partial charge in [-0.2, -0.15) is 0 Å². The lowest BCUT2D eigenvalue weighted by Gasteiger charge is -2.43. The monoisotopic (exact) mass is 541 g/mol. The molecule has 1 heterocycles. The molecule has 1 saturated carbocycles. The van der Waals surface area contributed by atoms with Crippen LogP contribution in [0.1, 0.15) is 76.2 Å². The van der Waals surface area contributed by atoms with Crippen LogP contribution >= 0.6 is 11.6 Å². The summed E-state index contributed by atoms with van der Waals surface area (Å²) in [6.07, 6.45) is 9.81. The van der Waals surface area contributed by atoms with E-state index in [-0.39, 0.29) is 41.7 Å². The van der Waals surface area contributed by atoms with E-state index in [9.17, 15) is 15.0 Å². The third kappa shape index (κ3) is 8.02. The number of aliphatic hydroxyl groups excluding tert-OH is 1. The highest BCUT2D eigenvalue weighted by Crippen LogP contribution is 2.42. The van der Waals surface area contributed by atoms with Gasteiger partial charge in [-0.25, -0.2) is 9.18 Å². The minimum absolute atomic E-state index is 0.0315. The van der Waals surface area contributed by atoms with Gasteiger partial charge < -0.3 is 30.9 Å². The summed E-state index contributed by atoms with van der Waals surface area (Å²) in [5.41, 5.74) is 5.12. The zero-order valence-electron chi connectivity index (χ0n) is 22.1. The van der Waals surface area contributed by atoms with Gasteiger partial charge in [0.2, 0.25) is 0 Å². The second-order valence-corrected chi connectivity index (χ2v) is 11.3. The maximum Gasteiger partial charge on any atom is 0.317 e. The molecule has 7 nitrogen and oxygen atoms in total. The fourth-order valence-electron chi connectivity index (χ4n) is 6.10. The molecule has 37 heavy (non-hydrogen) atoms. The molecule has 9 heteroatoms. The number of nitrogens with two attached hydrogens (primary N) is 1. The number of methoxy groups -OCH3 is 1. The van der Waals surface area contributed by atoms with Crippen LogP contribution in [0.3, 0.4) is 0 Å². The van der Waals surface area contributed by atoms with E-state index in [1.54, 1.807) is 24.1 Å². The van der Waals surface area contributed by atoms with Crippen molar-refractivity contribution < 1.29 is 24.1 Å². The summed E-state index contributed by atoms with van der Waals surface area (Å²) in [6, 6.07) is 3.54. The van der Waals surface area contributed by atoms with Gasteiger partial charge in [-0.15, -0.1) is 0 Å². The number of rotatable bonds is 12. The molecular formula is C28H45ClFN3O4. The van der Waals surface area contributed by atoms with Crippen molar-refractivity contribution in [1.82, 2.24) is 10.2 Å².